The molecule has 1 saturated heterocycles. The second-order valence-electron chi connectivity index (χ2n) is 7.16. The van der Waals surface area contributed by atoms with Gasteiger partial charge in [0.1, 0.15) is 0 Å². The number of carbonyl (C=O) groups excluding carboxylic acids is 2. The summed E-state index contributed by atoms with van der Waals surface area (Å²) in [5.41, 5.74) is 0. The number of esters is 2. The molecule has 0 spiro atoms. The molecule has 0 aromatic rings. The van der Waals surface area contributed by atoms with E-state index in [2.05, 4.69) is 18.6 Å². The molecule has 2 atom stereocenters. The topological polar surface area (TPSA) is 43.4 Å². The first-order valence-electron chi connectivity index (χ1n) is 9.91. The van der Waals surface area contributed by atoms with Crippen molar-refractivity contribution in [2.45, 2.75) is 104 Å². The third-order valence-electron chi connectivity index (χ3n) is 5.17. The van der Waals surface area contributed by atoms with E-state index >= 15 is 0 Å². The molecule has 1 aliphatic heterocycles. The Morgan fingerprint density at radius 3 is 2.09 bits per heavy atom. The van der Waals surface area contributed by atoms with Gasteiger partial charge in [-0.25, -0.2) is 0 Å². The lowest BCUT2D eigenvalue weighted by molar-refractivity contribution is -0.153. The van der Waals surface area contributed by atoms with Crippen molar-refractivity contribution in [3.63, 3.8) is 0 Å². The third kappa shape index (κ3) is 9.12. The zero-order chi connectivity index (χ0) is 16.9. The van der Waals surface area contributed by atoms with E-state index in [0.717, 1.165) is 18.8 Å². The van der Waals surface area contributed by atoms with Crippen molar-refractivity contribution in [1.29, 1.82) is 0 Å². The van der Waals surface area contributed by atoms with E-state index in [9.17, 15) is 9.59 Å². The van der Waals surface area contributed by atoms with Crippen LogP contribution in [0.5, 0.6) is 0 Å². The number of unbranched alkanes of at least 4 members (excludes halogenated alkanes) is 7. The highest BCUT2D eigenvalue weighted by molar-refractivity contribution is 5.94. The van der Waals surface area contributed by atoms with Crippen LogP contribution in [0.25, 0.3) is 0 Å². The van der Waals surface area contributed by atoms with E-state index in [0.29, 0.717) is 6.42 Å². The van der Waals surface area contributed by atoms with Crippen LogP contribution in [0.1, 0.15) is 104 Å². The van der Waals surface area contributed by atoms with E-state index in [-0.39, 0.29) is 17.9 Å². The summed E-state index contributed by atoms with van der Waals surface area (Å²) in [5, 5.41) is 0. The molecule has 23 heavy (non-hydrogen) atoms. The monoisotopic (exact) mass is 324 g/mol. The van der Waals surface area contributed by atoms with Crippen LogP contribution in [0.4, 0.5) is 0 Å². The molecular weight excluding hydrogens is 288 g/mol. The van der Waals surface area contributed by atoms with Crippen LogP contribution in [0.3, 0.4) is 0 Å². The molecule has 1 rings (SSSR count). The smallest absolute Gasteiger partial charge is 0.317 e. The number of hydrogen-bond acceptors (Lipinski definition) is 3. The highest BCUT2D eigenvalue weighted by atomic mass is 16.6. The molecule has 3 heteroatoms. The van der Waals surface area contributed by atoms with E-state index in [1.165, 1.54) is 70.6 Å². The summed E-state index contributed by atoms with van der Waals surface area (Å²) in [6, 6.07) is 0. The van der Waals surface area contributed by atoms with Gasteiger partial charge in [-0.3, -0.25) is 9.59 Å². The Balaban J connectivity index is 1.99. The van der Waals surface area contributed by atoms with Crippen molar-refractivity contribution in [2.24, 2.45) is 11.8 Å². The molecule has 1 fully saturated rings. The Morgan fingerprint density at radius 1 is 0.913 bits per heavy atom. The zero-order valence-electron chi connectivity index (χ0n) is 15.3. The minimum atomic E-state index is -0.342. The minimum absolute atomic E-state index is 0.164. The lowest BCUT2D eigenvalue weighted by Crippen LogP contribution is -2.08. The fourth-order valence-corrected chi connectivity index (χ4v) is 3.51. The molecule has 2 unspecified atom stereocenters. The number of carbonyl (C=O) groups is 2. The van der Waals surface area contributed by atoms with Gasteiger partial charge in [-0.2, -0.15) is 0 Å². The molecule has 0 saturated carbocycles. The molecule has 3 nitrogen and oxygen atoms in total. The molecular formula is C20H36O3. The van der Waals surface area contributed by atoms with Crippen molar-refractivity contribution < 1.29 is 14.3 Å². The summed E-state index contributed by atoms with van der Waals surface area (Å²) >= 11 is 0. The molecule has 0 radical (unpaired) electrons. The maximum Gasteiger partial charge on any atom is 0.317 e. The van der Waals surface area contributed by atoms with Crippen LogP contribution < -0.4 is 0 Å². The zero-order valence-corrected chi connectivity index (χ0v) is 15.3. The van der Waals surface area contributed by atoms with Crippen LogP contribution in [0.15, 0.2) is 0 Å². The standard InChI is InChI=1S/C20H36O3/c1-3-5-6-7-8-9-10-11-13-17(4-2)14-12-15-18-16-19(21)23-20(18)22/h17-18H,3-16H2,1-2H3. The molecule has 0 N–H and O–H groups in total. The maximum atomic E-state index is 11.4. The summed E-state index contributed by atoms with van der Waals surface area (Å²) < 4.78 is 4.61. The number of cyclic esters (lactones) is 2. The first kappa shape index (κ1) is 20.2. The van der Waals surface area contributed by atoms with Gasteiger partial charge in [-0.1, -0.05) is 90.9 Å². The van der Waals surface area contributed by atoms with Gasteiger partial charge in [-0.05, 0) is 12.3 Å². The van der Waals surface area contributed by atoms with E-state index < -0.39 is 0 Å². The molecule has 0 aliphatic carbocycles. The molecule has 1 aliphatic rings. The van der Waals surface area contributed by atoms with Crippen molar-refractivity contribution in [2.75, 3.05) is 0 Å². The lowest BCUT2D eigenvalue weighted by Gasteiger charge is -2.15. The third-order valence-corrected chi connectivity index (χ3v) is 5.17. The summed E-state index contributed by atoms with van der Waals surface area (Å²) in [5.74, 6) is -0.0246. The Kier molecular flexibility index (Phi) is 11.0. The molecule has 134 valence electrons. The fraction of sp³-hybridized carbons (Fsp3) is 0.900. The Labute approximate surface area is 142 Å². The van der Waals surface area contributed by atoms with Gasteiger partial charge in [-0.15, -0.1) is 0 Å². The van der Waals surface area contributed by atoms with Crippen molar-refractivity contribution in [1.82, 2.24) is 0 Å². The normalized spacial score (nSPS) is 19.1. The van der Waals surface area contributed by atoms with Crippen LogP contribution in [0, 0.1) is 11.8 Å². The minimum Gasteiger partial charge on any atom is -0.393 e. The highest BCUT2D eigenvalue weighted by Crippen LogP contribution is 2.26. The van der Waals surface area contributed by atoms with Gasteiger partial charge in [0.15, 0.2) is 0 Å². The molecule has 0 aromatic carbocycles. The van der Waals surface area contributed by atoms with Crippen LogP contribution in [-0.2, 0) is 14.3 Å². The largest absolute Gasteiger partial charge is 0.393 e. The quantitative estimate of drug-likeness (QED) is 0.230. The average molecular weight is 325 g/mol. The van der Waals surface area contributed by atoms with Crippen molar-refractivity contribution in [3.05, 3.63) is 0 Å². The molecule has 0 aromatic heterocycles. The van der Waals surface area contributed by atoms with Gasteiger partial charge in [0.05, 0.1) is 12.3 Å². The van der Waals surface area contributed by atoms with Crippen LogP contribution in [0.2, 0.25) is 0 Å². The average Bonchev–Trinajstić information content (AvgIpc) is 2.86. The Morgan fingerprint density at radius 2 is 1.52 bits per heavy atom. The fourth-order valence-electron chi connectivity index (χ4n) is 3.51. The number of ether oxygens (including phenoxy) is 1. The lowest BCUT2D eigenvalue weighted by atomic mass is 9.90. The summed E-state index contributed by atoms with van der Waals surface area (Å²) in [6.07, 6.45) is 16.9. The summed E-state index contributed by atoms with van der Waals surface area (Å²) in [6.45, 7) is 4.53. The van der Waals surface area contributed by atoms with E-state index in [1.54, 1.807) is 0 Å². The van der Waals surface area contributed by atoms with E-state index in [4.69, 9.17) is 0 Å². The predicted molar refractivity (Wildman–Crippen MR) is 94.1 cm³/mol. The molecule has 0 amide bonds. The summed E-state index contributed by atoms with van der Waals surface area (Å²) in [7, 11) is 0. The number of hydrogen-bond donors (Lipinski definition) is 0. The first-order chi connectivity index (χ1) is 11.2. The molecule has 1 heterocycles. The highest BCUT2D eigenvalue weighted by Gasteiger charge is 2.32. The van der Waals surface area contributed by atoms with Crippen molar-refractivity contribution in [3.8, 4) is 0 Å². The first-order valence-corrected chi connectivity index (χ1v) is 9.91. The Bertz CT molecular complexity index is 338. The Hall–Kier alpha value is -0.860. The van der Waals surface area contributed by atoms with Gasteiger partial charge in [0, 0.05) is 0 Å². The van der Waals surface area contributed by atoms with Gasteiger partial charge >= 0.3 is 11.9 Å². The van der Waals surface area contributed by atoms with Gasteiger partial charge in [0.25, 0.3) is 0 Å². The van der Waals surface area contributed by atoms with Crippen molar-refractivity contribution >= 4 is 11.9 Å². The van der Waals surface area contributed by atoms with E-state index in [1.807, 2.05) is 0 Å². The summed E-state index contributed by atoms with van der Waals surface area (Å²) in [4.78, 5) is 22.5. The van der Waals surface area contributed by atoms with Gasteiger partial charge in [0.2, 0.25) is 0 Å². The SMILES string of the molecule is CCCCCCCCCCC(CC)CCCC1CC(=O)OC1=O. The van der Waals surface area contributed by atoms with Crippen LogP contribution in [-0.4, -0.2) is 11.9 Å². The molecule has 0 bridgehead atoms. The number of rotatable bonds is 14. The van der Waals surface area contributed by atoms with Crippen LogP contribution >= 0.6 is 0 Å². The predicted octanol–water partition coefficient (Wildman–Crippen LogP) is 5.80. The second kappa shape index (κ2) is 12.5. The maximum absolute atomic E-state index is 11.4. The second-order valence-corrected chi connectivity index (χ2v) is 7.16. The van der Waals surface area contributed by atoms with Gasteiger partial charge < -0.3 is 4.74 Å².